The fourth-order valence-corrected chi connectivity index (χ4v) is 4.09. The van der Waals surface area contributed by atoms with Crippen molar-refractivity contribution in [2.24, 2.45) is 0 Å². The van der Waals surface area contributed by atoms with E-state index in [1.54, 1.807) is 6.07 Å². The van der Waals surface area contributed by atoms with E-state index in [0.29, 0.717) is 16.8 Å². The zero-order valence-corrected chi connectivity index (χ0v) is 15.5. The number of ether oxygens (including phenoxy) is 1. The summed E-state index contributed by atoms with van der Waals surface area (Å²) in [5.41, 5.74) is 5.16. The molecule has 1 aromatic carbocycles. The molecular formula is C23H23NO3. The number of benzene rings is 1. The minimum absolute atomic E-state index is 0.00138. The topological polar surface area (TPSA) is 47.8 Å². The first kappa shape index (κ1) is 17.5. The molecule has 2 aromatic heterocycles. The van der Waals surface area contributed by atoms with Gasteiger partial charge in [-0.1, -0.05) is 43.2 Å². The standard InChI is InChI=1S/C23H23NO3/c1-27-23(26)21-19-12-8-3-2-7-11-18(19)20-15-17(13-14-24(20)21)22(25)16-9-5-4-6-10-16/h4-6,9-10,13-15H,2-3,7-8,11-12H2,1H3. The summed E-state index contributed by atoms with van der Waals surface area (Å²) in [6.07, 6.45) is 8.20. The van der Waals surface area contributed by atoms with E-state index in [4.69, 9.17) is 4.74 Å². The van der Waals surface area contributed by atoms with E-state index >= 15 is 0 Å². The number of hydrogen-bond donors (Lipinski definition) is 0. The van der Waals surface area contributed by atoms with Gasteiger partial charge in [-0.3, -0.25) is 4.79 Å². The van der Waals surface area contributed by atoms with E-state index in [2.05, 4.69) is 0 Å². The van der Waals surface area contributed by atoms with Crippen LogP contribution in [0.5, 0.6) is 0 Å². The molecule has 4 rings (SSSR count). The minimum Gasteiger partial charge on any atom is -0.464 e. The van der Waals surface area contributed by atoms with Gasteiger partial charge in [0.25, 0.3) is 0 Å². The summed E-state index contributed by atoms with van der Waals surface area (Å²) in [7, 11) is 1.42. The number of ketones is 1. The van der Waals surface area contributed by atoms with Gasteiger partial charge in [-0.15, -0.1) is 0 Å². The van der Waals surface area contributed by atoms with Crippen LogP contribution in [0.3, 0.4) is 0 Å². The highest BCUT2D eigenvalue weighted by molar-refractivity contribution is 6.09. The highest BCUT2D eigenvalue weighted by Crippen LogP contribution is 2.31. The maximum Gasteiger partial charge on any atom is 0.355 e. The van der Waals surface area contributed by atoms with Gasteiger partial charge >= 0.3 is 5.97 Å². The number of hydrogen-bond acceptors (Lipinski definition) is 3. The van der Waals surface area contributed by atoms with Crippen LogP contribution in [0.25, 0.3) is 5.52 Å². The van der Waals surface area contributed by atoms with Gasteiger partial charge in [0.2, 0.25) is 0 Å². The Morgan fingerprint density at radius 1 is 0.889 bits per heavy atom. The van der Waals surface area contributed by atoms with Crippen molar-refractivity contribution >= 4 is 17.3 Å². The van der Waals surface area contributed by atoms with Gasteiger partial charge in [0.05, 0.1) is 12.6 Å². The summed E-state index contributed by atoms with van der Waals surface area (Å²) in [5.74, 6) is -0.313. The van der Waals surface area contributed by atoms with Gasteiger partial charge < -0.3 is 9.14 Å². The number of pyridine rings is 1. The predicted molar refractivity (Wildman–Crippen MR) is 104 cm³/mol. The molecule has 1 aliphatic rings. The SMILES string of the molecule is COC(=O)c1c2c(c3cc(C(=O)c4ccccc4)ccn13)CCCCCC2. The number of carbonyl (C=O) groups is 2. The van der Waals surface area contributed by atoms with Crippen molar-refractivity contribution in [3.63, 3.8) is 0 Å². The number of esters is 1. The monoisotopic (exact) mass is 361 g/mol. The van der Waals surface area contributed by atoms with Crippen LogP contribution in [0.4, 0.5) is 0 Å². The molecule has 0 saturated carbocycles. The molecule has 1 aliphatic carbocycles. The lowest BCUT2D eigenvalue weighted by Gasteiger charge is -2.10. The molecule has 0 bridgehead atoms. The number of fused-ring (bicyclic) bond motifs is 3. The lowest BCUT2D eigenvalue weighted by Crippen LogP contribution is -2.09. The lowest BCUT2D eigenvalue weighted by molar-refractivity contribution is 0.0591. The summed E-state index contributed by atoms with van der Waals surface area (Å²) in [4.78, 5) is 25.4. The largest absolute Gasteiger partial charge is 0.464 e. The summed E-state index contributed by atoms with van der Waals surface area (Å²) >= 11 is 0. The summed E-state index contributed by atoms with van der Waals surface area (Å²) in [6.45, 7) is 0. The van der Waals surface area contributed by atoms with Gasteiger partial charge in [-0.25, -0.2) is 4.79 Å². The Bertz CT molecular complexity index is 1000. The summed E-state index contributed by atoms with van der Waals surface area (Å²) < 4.78 is 6.97. The smallest absolute Gasteiger partial charge is 0.355 e. The van der Waals surface area contributed by atoms with Crippen LogP contribution < -0.4 is 0 Å². The fraction of sp³-hybridized carbons (Fsp3) is 0.304. The molecule has 0 aliphatic heterocycles. The number of methoxy groups -OCH3 is 1. The third kappa shape index (κ3) is 3.16. The lowest BCUT2D eigenvalue weighted by atomic mass is 9.94. The van der Waals surface area contributed by atoms with Gasteiger partial charge in [0, 0.05) is 17.3 Å². The van der Waals surface area contributed by atoms with E-state index in [1.807, 2.05) is 47.0 Å². The van der Waals surface area contributed by atoms with E-state index < -0.39 is 0 Å². The van der Waals surface area contributed by atoms with Crippen LogP contribution in [0, 0.1) is 0 Å². The van der Waals surface area contributed by atoms with Crippen molar-refractivity contribution in [2.45, 2.75) is 38.5 Å². The average Bonchev–Trinajstić information content (AvgIpc) is 2.99. The van der Waals surface area contributed by atoms with Crippen molar-refractivity contribution in [3.8, 4) is 0 Å². The molecule has 0 N–H and O–H groups in total. The van der Waals surface area contributed by atoms with Crippen molar-refractivity contribution < 1.29 is 14.3 Å². The molecule has 138 valence electrons. The molecule has 27 heavy (non-hydrogen) atoms. The molecule has 0 saturated heterocycles. The normalized spacial score (nSPS) is 14.3. The van der Waals surface area contributed by atoms with E-state index in [9.17, 15) is 9.59 Å². The van der Waals surface area contributed by atoms with Crippen LogP contribution in [0.15, 0.2) is 48.7 Å². The van der Waals surface area contributed by atoms with Crippen molar-refractivity contribution in [3.05, 3.63) is 76.6 Å². The molecular weight excluding hydrogens is 338 g/mol. The van der Waals surface area contributed by atoms with Crippen LogP contribution in [-0.4, -0.2) is 23.3 Å². The number of aryl methyl sites for hydroxylation is 1. The van der Waals surface area contributed by atoms with E-state index in [1.165, 1.54) is 25.5 Å². The zero-order chi connectivity index (χ0) is 18.8. The second-order valence-electron chi connectivity index (χ2n) is 7.08. The highest BCUT2D eigenvalue weighted by Gasteiger charge is 2.25. The van der Waals surface area contributed by atoms with Crippen molar-refractivity contribution in [1.82, 2.24) is 4.40 Å². The predicted octanol–water partition coefficient (Wildman–Crippen LogP) is 4.62. The number of rotatable bonds is 3. The zero-order valence-electron chi connectivity index (χ0n) is 15.5. The van der Waals surface area contributed by atoms with Crippen LogP contribution in [0.2, 0.25) is 0 Å². The quantitative estimate of drug-likeness (QED) is 0.505. The Balaban J connectivity index is 1.89. The van der Waals surface area contributed by atoms with Gasteiger partial charge in [0.1, 0.15) is 5.69 Å². The second-order valence-corrected chi connectivity index (χ2v) is 7.08. The Labute approximate surface area is 158 Å². The van der Waals surface area contributed by atoms with Gasteiger partial charge in [-0.05, 0) is 48.9 Å². The highest BCUT2D eigenvalue weighted by atomic mass is 16.5. The molecule has 0 spiro atoms. The third-order valence-electron chi connectivity index (χ3n) is 5.44. The number of aromatic nitrogens is 1. The van der Waals surface area contributed by atoms with Crippen LogP contribution >= 0.6 is 0 Å². The average molecular weight is 361 g/mol. The first-order chi connectivity index (χ1) is 13.2. The Kier molecular flexibility index (Phi) is 4.80. The Morgan fingerprint density at radius 3 is 2.30 bits per heavy atom. The molecule has 2 heterocycles. The third-order valence-corrected chi connectivity index (χ3v) is 5.44. The molecule has 0 fully saturated rings. The van der Waals surface area contributed by atoms with Crippen molar-refractivity contribution in [1.29, 1.82) is 0 Å². The summed E-state index contributed by atoms with van der Waals surface area (Å²) in [6, 6.07) is 13.0. The van der Waals surface area contributed by atoms with Gasteiger partial charge in [-0.2, -0.15) is 0 Å². The van der Waals surface area contributed by atoms with E-state index in [-0.39, 0.29) is 11.8 Å². The summed E-state index contributed by atoms with van der Waals surface area (Å²) in [5, 5.41) is 0. The number of nitrogens with zero attached hydrogens (tertiary/aromatic N) is 1. The maximum atomic E-state index is 12.9. The molecule has 4 heteroatoms. The molecule has 0 radical (unpaired) electrons. The van der Waals surface area contributed by atoms with Gasteiger partial charge in [0.15, 0.2) is 5.78 Å². The first-order valence-electron chi connectivity index (χ1n) is 9.54. The molecule has 3 aromatic rings. The van der Waals surface area contributed by atoms with Crippen molar-refractivity contribution in [2.75, 3.05) is 7.11 Å². The molecule has 0 unspecified atom stereocenters. The maximum absolute atomic E-state index is 12.9. The Hall–Kier alpha value is -2.88. The Morgan fingerprint density at radius 2 is 1.59 bits per heavy atom. The van der Waals surface area contributed by atoms with Crippen LogP contribution in [0.1, 0.15) is 63.2 Å². The fourth-order valence-electron chi connectivity index (χ4n) is 4.09. The first-order valence-corrected chi connectivity index (χ1v) is 9.54. The second kappa shape index (κ2) is 7.39. The minimum atomic E-state index is -0.311. The number of carbonyl (C=O) groups excluding carboxylic acids is 2. The molecule has 4 nitrogen and oxygen atoms in total. The molecule has 0 amide bonds. The van der Waals surface area contributed by atoms with E-state index in [0.717, 1.165) is 36.8 Å². The molecule has 0 atom stereocenters. The van der Waals surface area contributed by atoms with Crippen LogP contribution in [-0.2, 0) is 17.6 Å².